The van der Waals surface area contributed by atoms with E-state index in [1.165, 1.54) is 18.1 Å². The van der Waals surface area contributed by atoms with Crippen LogP contribution < -0.4 is 0 Å². The molecular weight excluding hydrogens is 214 g/mol. The Morgan fingerprint density at radius 3 is 2.87 bits per heavy atom. The molecular formula is C9H15N3O2S. The van der Waals surface area contributed by atoms with Crippen molar-refractivity contribution in [3.63, 3.8) is 0 Å². The fourth-order valence-electron chi connectivity index (χ4n) is 0.887. The number of esters is 1. The topological polar surface area (TPSA) is 67.9 Å². The van der Waals surface area contributed by atoms with Gasteiger partial charge in [-0.15, -0.1) is 0 Å². The number of hydrogen-bond donors (Lipinski definition) is 1. The van der Waals surface area contributed by atoms with Gasteiger partial charge in [0.15, 0.2) is 5.16 Å². The summed E-state index contributed by atoms with van der Waals surface area (Å²) >= 11 is 1.45. The molecule has 0 radical (unpaired) electrons. The van der Waals surface area contributed by atoms with E-state index in [-0.39, 0.29) is 5.97 Å². The highest BCUT2D eigenvalue weighted by atomic mass is 32.2. The molecule has 0 atom stereocenters. The molecule has 1 aromatic heterocycles. The van der Waals surface area contributed by atoms with Gasteiger partial charge in [-0.2, -0.15) is 5.10 Å². The average molecular weight is 229 g/mol. The van der Waals surface area contributed by atoms with Gasteiger partial charge < -0.3 is 4.74 Å². The van der Waals surface area contributed by atoms with Gasteiger partial charge in [-0.3, -0.25) is 9.89 Å². The molecule has 0 aromatic carbocycles. The normalized spacial score (nSPS) is 11.4. The number of aromatic nitrogens is 3. The lowest BCUT2D eigenvalue weighted by atomic mass is 10.2. The van der Waals surface area contributed by atoms with Crippen molar-refractivity contribution in [2.75, 3.05) is 5.75 Å². The summed E-state index contributed by atoms with van der Waals surface area (Å²) in [5.41, 5.74) is -0.409. The number of hydrogen-bond acceptors (Lipinski definition) is 5. The van der Waals surface area contributed by atoms with Gasteiger partial charge in [0.05, 0.1) is 6.42 Å². The fraction of sp³-hybridized carbons (Fsp3) is 0.667. The van der Waals surface area contributed by atoms with Crippen molar-refractivity contribution in [3.05, 3.63) is 6.33 Å². The minimum Gasteiger partial charge on any atom is -0.460 e. The molecule has 1 heterocycles. The van der Waals surface area contributed by atoms with E-state index in [4.69, 9.17) is 4.74 Å². The molecule has 0 saturated heterocycles. The molecule has 0 saturated carbocycles. The Balaban J connectivity index is 2.18. The Hall–Kier alpha value is -1.04. The summed E-state index contributed by atoms with van der Waals surface area (Å²) in [6.07, 6.45) is 1.82. The Labute approximate surface area is 93.0 Å². The number of thioether (sulfide) groups is 1. The van der Waals surface area contributed by atoms with Crippen molar-refractivity contribution >= 4 is 17.7 Å². The third kappa shape index (κ3) is 5.41. The summed E-state index contributed by atoms with van der Waals surface area (Å²) < 4.78 is 5.16. The number of ether oxygens (including phenoxy) is 1. The van der Waals surface area contributed by atoms with Crippen LogP contribution in [0, 0.1) is 0 Å². The largest absolute Gasteiger partial charge is 0.460 e. The fourth-order valence-corrected chi connectivity index (χ4v) is 1.59. The lowest BCUT2D eigenvalue weighted by Gasteiger charge is -2.19. The van der Waals surface area contributed by atoms with E-state index < -0.39 is 5.60 Å². The first-order valence-corrected chi connectivity index (χ1v) is 5.66. The van der Waals surface area contributed by atoms with Crippen LogP contribution in [0.3, 0.4) is 0 Å². The summed E-state index contributed by atoms with van der Waals surface area (Å²) in [5.74, 6) is 0.457. The van der Waals surface area contributed by atoms with E-state index in [2.05, 4.69) is 15.2 Å². The minimum atomic E-state index is -0.409. The van der Waals surface area contributed by atoms with Crippen LogP contribution in [0.2, 0.25) is 0 Å². The summed E-state index contributed by atoms with van der Waals surface area (Å²) in [6, 6.07) is 0. The molecule has 15 heavy (non-hydrogen) atoms. The Morgan fingerprint density at radius 1 is 1.60 bits per heavy atom. The van der Waals surface area contributed by atoms with E-state index in [1.54, 1.807) is 0 Å². The van der Waals surface area contributed by atoms with Gasteiger partial charge in [-0.1, -0.05) is 11.8 Å². The Bertz CT molecular complexity index is 306. The molecule has 0 spiro atoms. The van der Waals surface area contributed by atoms with Crippen LogP contribution in [0.15, 0.2) is 11.5 Å². The van der Waals surface area contributed by atoms with Crippen LogP contribution in [0.5, 0.6) is 0 Å². The number of H-pyrrole nitrogens is 1. The van der Waals surface area contributed by atoms with Crippen molar-refractivity contribution in [2.24, 2.45) is 0 Å². The quantitative estimate of drug-likeness (QED) is 0.627. The SMILES string of the molecule is CC(C)(C)OC(=O)CCSc1ncn[nH]1. The molecule has 5 nitrogen and oxygen atoms in total. The number of aromatic amines is 1. The predicted octanol–water partition coefficient (Wildman–Crippen LogP) is 1.63. The summed E-state index contributed by atoms with van der Waals surface area (Å²) in [6.45, 7) is 5.57. The number of nitrogens with zero attached hydrogens (tertiary/aromatic N) is 2. The predicted molar refractivity (Wildman–Crippen MR) is 57.6 cm³/mol. The van der Waals surface area contributed by atoms with Crippen LogP contribution in [0.25, 0.3) is 0 Å². The lowest BCUT2D eigenvalue weighted by Crippen LogP contribution is -2.24. The van der Waals surface area contributed by atoms with Crippen LogP contribution in [0.1, 0.15) is 27.2 Å². The van der Waals surface area contributed by atoms with Gasteiger partial charge in [0.1, 0.15) is 11.9 Å². The smallest absolute Gasteiger partial charge is 0.307 e. The van der Waals surface area contributed by atoms with Gasteiger partial charge in [-0.25, -0.2) is 4.98 Å². The number of carbonyl (C=O) groups is 1. The molecule has 1 aromatic rings. The van der Waals surface area contributed by atoms with Crippen LogP contribution in [-0.2, 0) is 9.53 Å². The maximum atomic E-state index is 11.3. The molecule has 0 unspecified atom stereocenters. The van der Waals surface area contributed by atoms with Crippen LogP contribution in [-0.4, -0.2) is 32.5 Å². The first-order valence-electron chi connectivity index (χ1n) is 4.67. The summed E-state index contributed by atoms with van der Waals surface area (Å²) in [5, 5.41) is 7.14. The molecule has 1 N–H and O–H groups in total. The molecule has 0 amide bonds. The highest BCUT2D eigenvalue weighted by Crippen LogP contribution is 2.14. The van der Waals surface area contributed by atoms with Gasteiger partial charge in [0.25, 0.3) is 0 Å². The minimum absolute atomic E-state index is 0.186. The standard InChI is InChI=1S/C9H15N3O2S/c1-9(2,3)14-7(13)4-5-15-8-10-6-11-12-8/h6H,4-5H2,1-3H3,(H,10,11,12). The Morgan fingerprint density at radius 2 is 2.33 bits per heavy atom. The van der Waals surface area contributed by atoms with E-state index in [0.29, 0.717) is 12.2 Å². The third-order valence-corrected chi connectivity index (χ3v) is 2.24. The van der Waals surface area contributed by atoms with Crippen LogP contribution in [0.4, 0.5) is 0 Å². The molecule has 0 aliphatic heterocycles. The molecule has 1 rings (SSSR count). The second-order valence-electron chi connectivity index (χ2n) is 3.98. The molecule has 0 fully saturated rings. The first kappa shape index (κ1) is 12.0. The molecule has 0 bridgehead atoms. The van der Waals surface area contributed by atoms with Crippen LogP contribution >= 0.6 is 11.8 Å². The highest BCUT2D eigenvalue weighted by Gasteiger charge is 2.15. The van der Waals surface area contributed by atoms with E-state index >= 15 is 0 Å². The summed E-state index contributed by atoms with van der Waals surface area (Å²) in [7, 11) is 0. The molecule has 0 aliphatic carbocycles. The van der Waals surface area contributed by atoms with Crippen molar-refractivity contribution < 1.29 is 9.53 Å². The maximum Gasteiger partial charge on any atom is 0.307 e. The first-order chi connectivity index (χ1) is 6.97. The molecule has 0 aliphatic rings. The van der Waals surface area contributed by atoms with Crippen molar-refractivity contribution in [3.8, 4) is 0 Å². The second-order valence-corrected chi connectivity index (χ2v) is 5.06. The monoisotopic (exact) mass is 229 g/mol. The summed E-state index contributed by atoms with van der Waals surface area (Å²) in [4.78, 5) is 15.2. The van der Waals surface area contributed by atoms with Gasteiger partial charge in [-0.05, 0) is 20.8 Å². The lowest BCUT2D eigenvalue weighted by molar-refractivity contribution is -0.154. The van der Waals surface area contributed by atoms with Crippen molar-refractivity contribution in [1.29, 1.82) is 0 Å². The maximum absolute atomic E-state index is 11.3. The van der Waals surface area contributed by atoms with Crippen molar-refractivity contribution in [2.45, 2.75) is 37.9 Å². The van der Waals surface area contributed by atoms with E-state index in [1.807, 2.05) is 20.8 Å². The zero-order valence-electron chi connectivity index (χ0n) is 9.11. The van der Waals surface area contributed by atoms with Gasteiger partial charge >= 0.3 is 5.97 Å². The van der Waals surface area contributed by atoms with Gasteiger partial charge in [0, 0.05) is 5.75 Å². The third-order valence-electron chi connectivity index (χ3n) is 1.36. The van der Waals surface area contributed by atoms with E-state index in [9.17, 15) is 4.79 Å². The average Bonchev–Trinajstić information content (AvgIpc) is 2.53. The zero-order chi connectivity index (χ0) is 11.3. The zero-order valence-corrected chi connectivity index (χ0v) is 9.93. The molecule has 6 heteroatoms. The highest BCUT2D eigenvalue weighted by molar-refractivity contribution is 7.99. The second kappa shape index (κ2) is 5.16. The number of nitrogens with one attached hydrogen (secondary N) is 1. The molecule has 84 valence electrons. The van der Waals surface area contributed by atoms with E-state index in [0.717, 1.165) is 5.16 Å². The van der Waals surface area contributed by atoms with Crippen molar-refractivity contribution in [1.82, 2.24) is 15.2 Å². The Kier molecular flexibility index (Phi) is 4.14. The number of rotatable bonds is 4. The number of carbonyl (C=O) groups excluding carboxylic acids is 1. The van der Waals surface area contributed by atoms with Gasteiger partial charge in [0.2, 0.25) is 0 Å².